The van der Waals surface area contributed by atoms with Crippen LogP contribution in [0.25, 0.3) is 10.6 Å². The van der Waals surface area contributed by atoms with E-state index in [1.54, 1.807) is 11.8 Å². The maximum absolute atomic E-state index is 13.0. The molecule has 1 saturated heterocycles. The number of aromatic nitrogens is 2. The number of carbonyl (C=O) groups excluding carboxylic acids is 2. The zero-order valence-electron chi connectivity index (χ0n) is 15.6. The smallest absolute Gasteiger partial charge is 0.310 e. The molecule has 1 unspecified atom stereocenters. The normalized spacial score (nSPS) is 17.1. The SMILES string of the molecule is CCCn1nc(C(=O)N2CCCC(C(=O)OCC)C2)cc1-c1ccc(Cl)s1. The topological polar surface area (TPSA) is 64.4 Å². The zero-order chi connectivity index (χ0) is 19.4. The third kappa shape index (κ3) is 4.52. The Morgan fingerprint density at radius 1 is 1.37 bits per heavy atom. The highest BCUT2D eigenvalue weighted by molar-refractivity contribution is 7.19. The first kappa shape index (κ1) is 19.9. The Hall–Kier alpha value is -1.86. The number of thiophene rings is 1. The first-order chi connectivity index (χ1) is 13.0. The number of piperidine rings is 1. The number of halogens is 1. The molecule has 0 aromatic carbocycles. The summed E-state index contributed by atoms with van der Waals surface area (Å²) in [5.41, 5.74) is 1.31. The molecule has 1 aliphatic heterocycles. The van der Waals surface area contributed by atoms with Gasteiger partial charge in [-0.05, 0) is 44.4 Å². The standard InChI is InChI=1S/C19H24ClN3O3S/c1-3-9-23-15(16-7-8-17(20)27-16)11-14(21-23)18(24)22-10-5-6-13(12-22)19(25)26-4-2/h7-8,11,13H,3-6,9-10,12H2,1-2H3. The molecule has 0 aliphatic carbocycles. The Morgan fingerprint density at radius 3 is 2.85 bits per heavy atom. The minimum atomic E-state index is -0.254. The molecule has 0 saturated carbocycles. The lowest BCUT2D eigenvalue weighted by atomic mass is 9.98. The second-order valence-corrected chi connectivity index (χ2v) is 8.30. The molecule has 27 heavy (non-hydrogen) atoms. The Kier molecular flexibility index (Phi) is 6.55. The summed E-state index contributed by atoms with van der Waals surface area (Å²) < 4.78 is 7.69. The average Bonchev–Trinajstić information content (AvgIpc) is 3.28. The van der Waals surface area contributed by atoms with Crippen LogP contribution in [0.2, 0.25) is 4.34 Å². The van der Waals surface area contributed by atoms with Crippen LogP contribution in [0, 0.1) is 5.92 Å². The Balaban J connectivity index is 1.81. The molecule has 146 valence electrons. The predicted molar refractivity (Wildman–Crippen MR) is 106 cm³/mol. The number of likely N-dealkylation sites (tertiary alicyclic amines) is 1. The molecule has 8 heteroatoms. The van der Waals surface area contributed by atoms with Gasteiger partial charge in [0.05, 0.1) is 27.4 Å². The van der Waals surface area contributed by atoms with Gasteiger partial charge in [-0.1, -0.05) is 18.5 Å². The number of ether oxygens (including phenoxy) is 1. The minimum absolute atomic E-state index is 0.136. The van der Waals surface area contributed by atoms with Crippen molar-refractivity contribution in [1.29, 1.82) is 0 Å². The molecule has 0 spiro atoms. The summed E-state index contributed by atoms with van der Waals surface area (Å²) in [5, 5.41) is 4.54. The lowest BCUT2D eigenvalue weighted by Crippen LogP contribution is -2.43. The van der Waals surface area contributed by atoms with Crippen LogP contribution in [0.5, 0.6) is 0 Å². The fraction of sp³-hybridized carbons (Fsp3) is 0.526. The molecule has 1 fully saturated rings. The Morgan fingerprint density at radius 2 is 2.19 bits per heavy atom. The maximum Gasteiger partial charge on any atom is 0.310 e. The van der Waals surface area contributed by atoms with Gasteiger partial charge in [0.25, 0.3) is 5.91 Å². The quantitative estimate of drug-likeness (QED) is 0.674. The van der Waals surface area contributed by atoms with Crippen molar-refractivity contribution < 1.29 is 14.3 Å². The maximum atomic E-state index is 13.0. The van der Waals surface area contributed by atoms with E-state index >= 15 is 0 Å². The summed E-state index contributed by atoms with van der Waals surface area (Å²) in [6.07, 6.45) is 2.46. The second kappa shape index (κ2) is 8.89. The highest BCUT2D eigenvalue weighted by Gasteiger charge is 2.31. The fourth-order valence-corrected chi connectivity index (χ4v) is 4.39. The summed E-state index contributed by atoms with van der Waals surface area (Å²) in [6, 6.07) is 5.62. The van der Waals surface area contributed by atoms with Crippen LogP contribution in [0.15, 0.2) is 18.2 Å². The number of rotatable bonds is 6. The third-order valence-corrected chi connectivity index (χ3v) is 5.84. The van der Waals surface area contributed by atoms with Crippen LogP contribution in [0.1, 0.15) is 43.6 Å². The van der Waals surface area contributed by atoms with E-state index in [9.17, 15) is 9.59 Å². The van der Waals surface area contributed by atoms with E-state index in [0.717, 1.165) is 36.4 Å². The molecular formula is C19H24ClN3O3S. The van der Waals surface area contributed by atoms with Crippen molar-refractivity contribution in [2.45, 2.75) is 39.7 Å². The van der Waals surface area contributed by atoms with Gasteiger partial charge in [-0.25, -0.2) is 0 Å². The summed E-state index contributed by atoms with van der Waals surface area (Å²) in [5.74, 6) is -0.612. The van der Waals surface area contributed by atoms with Crippen LogP contribution in [0.3, 0.4) is 0 Å². The monoisotopic (exact) mass is 409 g/mol. The van der Waals surface area contributed by atoms with Crippen molar-refractivity contribution in [3.63, 3.8) is 0 Å². The molecule has 3 heterocycles. The van der Waals surface area contributed by atoms with Crippen molar-refractivity contribution in [3.05, 3.63) is 28.2 Å². The molecule has 2 aromatic rings. The first-order valence-electron chi connectivity index (χ1n) is 9.33. The van der Waals surface area contributed by atoms with E-state index < -0.39 is 0 Å². The van der Waals surface area contributed by atoms with Crippen molar-refractivity contribution in [1.82, 2.24) is 14.7 Å². The summed E-state index contributed by atoms with van der Waals surface area (Å²) in [6.45, 7) is 5.97. The van der Waals surface area contributed by atoms with E-state index in [-0.39, 0.29) is 17.8 Å². The number of nitrogens with zero attached hydrogens (tertiary/aromatic N) is 3. The number of aryl methyl sites for hydroxylation is 1. The second-order valence-electron chi connectivity index (χ2n) is 6.58. The van der Waals surface area contributed by atoms with Gasteiger partial charge in [0, 0.05) is 19.6 Å². The number of amides is 1. The van der Waals surface area contributed by atoms with Crippen molar-refractivity contribution in [3.8, 4) is 10.6 Å². The molecule has 0 bridgehead atoms. The van der Waals surface area contributed by atoms with E-state index in [0.29, 0.717) is 29.7 Å². The van der Waals surface area contributed by atoms with Gasteiger partial charge >= 0.3 is 5.97 Å². The van der Waals surface area contributed by atoms with Crippen LogP contribution in [-0.2, 0) is 16.1 Å². The van der Waals surface area contributed by atoms with Crippen LogP contribution < -0.4 is 0 Å². The van der Waals surface area contributed by atoms with Crippen LogP contribution in [0.4, 0.5) is 0 Å². The van der Waals surface area contributed by atoms with E-state index in [1.165, 1.54) is 11.3 Å². The highest BCUT2D eigenvalue weighted by Crippen LogP contribution is 2.32. The van der Waals surface area contributed by atoms with Crippen molar-refractivity contribution >= 4 is 34.8 Å². The molecule has 1 atom stereocenters. The molecule has 0 radical (unpaired) electrons. The largest absolute Gasteiger partial charge is 0.466 e. The average molecular weight is 410 g/mol. The molecule has 0 N–H and O–H groups in total. The Bertz CT molecular complexity index is 817. The predicted octanol–water partition coefficient (Wildman–Crippen LogP) is 4.09. The molecule has 1 amide bonds. The summed E-state index contributed by atoms with van der Waals surface area (Å²) in [4.78, 5) is 27.8. The third-order valence-electron chi connectivity index (χ3n) is 4.59. The zero-order valence-corrected chi connectivity index (χ0v) is 17.2. The number of carbonyl (C=O) groups is 2. The van der Waals surface area contributed by atoms with Crippen molar-refractivity contribution in [2.75, 3.05) is 19.7 Å². The minimum Gasteiger partial charge on any atom is -0.466 e. The van der Waals surface area contributed by atoms with Gasteiger partial charge in [0.1, 0.15) is 0 Å². The molecular weight excluding hydrogens is 386 g/mol. The van der Waals surface area contributed by atoms with E-state index in [2.05, 4.69) is 12.0 Å². The molecule has 3 rings (SSSR count). The number of hydrogen-bond donors (Lipinski definition) is 0. The molecule has 2 aromatic heterocycles. The number of hydrogen-bond acceptors (Lipinski definition) is 5. The highest BCUT2D eigenvalue weighted by atomic mass is 35.5. The van der Waals surface area contributed by atoms with Gasteiger partial charge in [-0.15, -0.1) is 11.3 Å². The summed E-state index contributed by atoms with van der Waals surface area (Å²) in [7, 11) is 0. The van der Waals surface area contributed by atoms with Gasteiger partial charge in [0.2, 0.25) is 0 Å². The molecule has 1 aliphatic rings. The lowest BCUT2D eigenvalue weighted by Gasteiger charge is -2.31. The number of esters is 1. The van der Waals surface area contributed by atoms with Gasteiger partial charge in [-0.2, -0.15) is 5.10 Å². The lowest BCUT2D eigenvalue weighted by molar-refractivity contribution is -0.149. The van der Waals surface area contributed by atoms with Gasteiger partial charge in [-0.3, -0.25) is 14.3 Å². The Labute approximate surface area is 168 Å². The first-order valence-corrected chi connectivity index (χ1v) is 10.5. The van der Waals surface area contributed by atoms with Crippen LogP contribution in [-0.4, -0.2) is 46.3 Å². The van der Waals surface area contributed by atoms with Gasteiger partial charge < -0.3 is 9.64 Å². The van der Waals surface area contributed by atoms with Crippen LogP contribution >= 0.6 is 22.9 Å². The molecule has 6 nitrogen and oxygen atoms in total. The van der Waals surface area contributed by atoms with Crippen molar-refractivity contribution in [2.24, 2.45) is 5.92 Å². The fourth-order valence-electron chi connectivity index (χ4n) is 3.33. The van der Waals surface area contributed by atoms with E-state index in [1.807, 2.05) is 22.9 Å². The summed E-state index contributed by atoms with van der Waals surface area (Å²) >= 11 is 7.54. The van der Waals surface area contributed by atoms with Gasteiger partial charge in [0.15, 0.2) is 5.69 Å². The van der Waals surface area contributed by atoms with E-state index in [4.69, 9.17) is 16.3 Å².